The van der Waals surface area contributed by atoms with E-state index in [4.69, 9.17) is 5.11 Å². The Balaban J connectivity index is 2.00. The molecular weight excluding hydrogens is 246 g/mol. The lowest BCUT2D eigenvalue weighted by Crippen LogP contribution is -2.44. The number of aliphatic carboxylic acids is 1. The van der Waals surface area contributed by atoms with Crippen molar-refractivity contribution >= 4 is 17.7 Å². The first-order chi connectivity index (χ1) is 9.08. The molecule has 0 aromatic carbocycles. The van der Waals surface area contributed by atoms with E-state index < -0.39 is 11.9 Å². The van der Waals surface area contributed by atoms with Gasteiger partial charge in [0.05, 0.1) is 5.92 Å². The third kappa shape index (κ3) is 3.21. The molecule has 1 saturated heterocycles. The SMILES string of the molecule is Cc1cnccc1NC(=O)N1CCCC(C(=O)O)C1. The average Bonchev–Trinajstić information content (AvgIpc) is 2.41. The molecule has 1 aliphatic rings. The van der Waals surface area contributed by atoms with E-state index >= 15 is 0 Å². The highest BCUT2D eigenvalue weighted by atomic mass is 16.4. The zero-order valence-corrected chi connectivity index (χ0v) is 10.8. The number of aryl methyl sites for hydroxylation is 1. The van der Waals surface area contributed by atoms with Crippen LogP contribution in [0, 0.1) is 12.8 Å². The lowest BCUT2D eigenvalue weighted by atomic mass is 9.99. The van der Waals surface area contributed by atoms with Crippen LogP contribution in [0.2, 0.25) is 0 Å². The Morgan fingerprint density at radius 2 is 2.32 bits per heavy atom. The molecule has 2 amide bonds. The standard InChI is InChI=1S/C13H17N3O3/c1-9-7-14-5-4-11(9)15-13(19)16-6-2-3-10(8-16)12(17)18/h4-5,7,10H,2-3,6,8H2,1H3,(H,17,18)(H,14,15,19). The molecule has 1 aromatic heterocycles. The van der Waals surface area contributed by atoms with Gasteiger partial charge in [0.1, 0.15) is 0 Å². The minimum absolute atomic E-state index is 0.250. The van der Waals surface area contributed by atoms with Gasteiger partial charge in [-0.1, -0.05) is 0 Å². The number of carbonyl (C=O) groups excluding carboxylic acids is 1. The van der Waals surface area contributed by atoms with Crippen molar-refractivity contribution in [3.05, 3.63) is 24.0 Å². The van der Waals surface area contributed by atoms with Crippen molar-refractivity contribution in [2.45, 2.75) is 19.8 Å². The predicted molar refractivity (Wildman–Crippen MR) is 69.9 cm³/mol. The lowest BCUT2D eigenvalue weighted by Gasteiger charge is -2.30. The largest absolute Gasteiger partial charge is 0.481 e. The van der Waals surface area contributed by atoms with Crippen molar-refractivity contribution < 1.29 is 14.7 Å². The highest BCUT2D eigenvalue weighted by molar-refractivity contribution is 5.90. The number of carboxylic acid groups (broad SMARTS) is 1. The summed E-state index contributed by atoms with van der Waals surface area (Å²) in [5.41, 5.74) is 1.58. The zero-order chi connectivity index (χ0) is 13.8. The van der Waals surface area contributed by atoms with Gasteiger partial charge in [-0.3, -0.25) is 9.78 Å². The minimum Gasteiger partial charge on any atom is -0.481 e. The molecule has 1 atom stereocenters. The van der Waals surface area contributed by atoms with Crippen molar-refractivity contribution in [1.29, 1.82) is 0 Å². The molecule has 19 heavy (non-hydrogen) atoms. The maximum absolute atomic E-state index is 12.1. The monoisotopic (exact) mass is 263 g/mol. The number of nitrogens with zero attached hydrogens (tertiary/aromatic N) is 2. The first-order valence-electron chi connectivity index (χ1n) is 6.27. The van der Waals surface area contributed by atoms with Gasteiger partial charge in [0.15, 0.2) is 0 Å². The topological polar surface area (TPSA) is 82.5 Å². The Bertz CT molecular complexity index is 490. The molecule has 102 valence electrons. The van der Waals surface area contributed by atoms with Gasteiger partial charge in [-0.25, -0.2) is 4.79 Å². The van der Waals surface area contributed by atoms with Gasteiger partial charge in [-0.15, -0.1) is 0 Å². The van der Waals surface area contributed by atoms with Gasteiger partial charge in [-0.2, -0.15) is 0 Å². The van der Waals surface area contributed by atoms with E-state index in [1.165, 1.54) is 0 Å². The molecule has 0 spiro atoms. The number of nitrogens with one attached hydrogen (secondary N) is 1. The number of carbonyl (C=O) groups is 2. The Labute approximate surface area is 111 Å². The predicted octanol–water partition coefficient (Wildman–Crippen LogP) is 1.72. The summed E-state index contributed by atoms with van der Waals surface area (Å²) in [6, 6.07) is 1.48. The summed E-state index contributed by atoms with van der Waals surface area (Å²) in [5, 5.41) is 11.8. The van der Waals surface area contributed by atoms with Crippen LogP contribution in [0.5, 0.6) is 0 Å². The summed E-state index contributed by atoms with van der Waals surface area (Å²) >= 11 is 0. The minimum atomic E-state index is -0.836. The van der Waals surface area contributed by atoms with Crippen LogP contribution in [0.15, 0.2) is 18.5 Å². The molecule has 0 bridgehead atoms. The molecule has 1 aromatic rings. The van der Waals surface area contributed by atoms with Crippen molar-refractivity contribution in [1.82, 2.24) is 9.88 Å². The quantitative estimate of drug-likeness (QED) is 0.851. The van der Waals surface area contributed by atoms with Gasteiger partial charge in [0.2, 0.25) is 0 Å². The number of pyridine rings is 1. The van der Waals surface area contributed by atoms with E-state index in [2.05, 4.69) is 10.3 Å². The molecule has 6 nitrogen and oxygen atoms in total. The fourth-order valence-electron chi connectivity index (χ4n) is 2.17. The number of hydrogen-bond acceptors (Lipinski definition) is 3. The summed E-state index contributed by atoms with van der Waals surface area (Å²) in [7, 11) is 0. The Hall–Kier alpha value is -2.11. The molecule has 2 N–H and O–H groups in total. The first-order valence-corrected chi connectivity index (χ1v) is 6.27. The molecule has 0 radical (unpaired) electrons. The number of amides is 2. The van der Waals surface area contributed by atoms with Crippen LogP contribution in [0.3, 0.4) is 0 Å². The fourth-order valence-corrected chi connectivity index (χ4v) is 2.17. The van der Waals surface area contributed by atoms with E-state index in [9.17, 15) is 9.59 Å². The van der Waals surface area contributed by atoms with Gasteiger partial charge in [0, 0.05) is 31.2 Å². The van der Waals surface area contributed by atoms with Crippen LogP contribution in [0.4, 0.5) is 10.5 Å². The second-order valence-corrected chi connectivity index (χ2v) is 4.74. The molecular formula is C13H17N3O3. The second kappa shape index (κ2) is 5.69. The molecule has 1 fully saturated rings. The average molecular weight is 263 g/mol. The number of aromatic nitrogens is 1. The Morgan fingerprint density at radius 3 is 3.00 bits per heavy atom. The van der Waals surface area contributed by atoms with Crippen LogP contribution < -0.4 is 5.32 Å². The van der Waals surface area contributed by atoms with Gasteiger partial charge < -0.3 is 15.3 Å². The van der Waals surface area contributed by atoms with Crippen LogP contribution in [0.25, 0.3) is 0 Å². The number of carboxylic acids is 1. The van der Waals surface area contributed by atoms with Crippen LogP contribution in [-0.2, 0) is 4.79 Å². The number of rotatable bonds is 2. The third-order valence-electron chi connectivity index (χ3n) is 3.32. The zero-order valence-electron chi connectivity index (χ0n) is 10.8. The summed E-state index contributed by atoms with van der Waals surface area (Å²) < 4.78 is 0. The maximum Gasteiger partial charge on any atom is 0.321 e. The number of piperidine rings is 1. The maximum atomic E-state index is 12.1. The van der Waals surface area contributed by atoms with Crippen LogP contribution >= 0.6 is 0 Å². The lowest BCUT2D eigenvalue weighted by molar-refractivity contribution is -0.143. The fraction of sp³-hybridized carbons (Fsp3) is 0.462. The highest BCUT2D eigenvalue weighted by Crippen LogP contribution is 2.18. The number of anilines is 1. The van der Waals surface area contributed by atoms with Crippen molar-refractivity contribution in [2.75, 3.05) is 18.4 Å². The van der Waals surface area contributed by atoms with Gasteiger partial charge in [0.25, 0.3) is 0 Å². The molecule has 2 heterocycles. The van der Waals surface area contributed by atoms with Crippen molar-refractivity contribution in [3.63, 3.8) is 0 Å². The van der Waals surface area contributed by atoms with Gasteiger partial charge in [-0.05, 0) is 31.4 Å². The number of urea groups is 1. The Morgan fingerprint density at radius 1 is 1.53 bits per heavy atom. The highest BCUT2D eigenvalue weighted by Gasteiger charge is 2.28. The van der Waals surface area contributed by atoms with Gasteiger partial charge >= 0.3 is 12.0 Å². The second-order valence-electron chi connectivity index (χ2n) is 4.74. The number of hydrogen-bond donors (Lipinski definition) is 2. The van der Waals surface area contributed by atoms with Crippen molar-refractivity contribution in [3.8, 4) is 0 Å². The van der Waals surface area contributed by atoms with E-state index in [1.807, 2.05) is 6.92 Å². The number of likely N-dealkylation sites (tertiary alicyclic amines) is 1. The van der Waals surface area contributed by atoms with E-state index in [0.29, 0.717) is 18.7 Å². The summed E-state index contributed by atoms with van der Waals surface area (Å²) in [6.45, 7) is 2.73. The summed E-state index contributed by atoms with van der Waals surface area (Å²) in [6.07, 6.45) is 4.64. The van der Waals surface area contributed by atoms with E-state index in [-0.39, 0.29) is 12.6 Å². The molecule has 1 aliphatic heterocycles. The van der Waals surface area contributed by atoms with E-state index in [0.717, 1.165) is 12.0 Å². The van der Waals surface area contributed by atoms with E-state index in [1.54, 1.807) is 23.4 Å². The summed E-state index contributed by atoms with van der Waals surface area (Å²) in [5.74, 6) is -1.30. The van der Waals surface area contributed by atoms with Crippen LogP contribution in [0.1, 0.15) is 18.4 Å². The molecule has 0 aliphatic carbocycles. The molecule has 6 heteroatoms. The molecule has 0 saturated carbocycles. The van der Waals surface area contributed by atoms with Crippen LogP contribution in [-0.4, -0.2) is 40.1 Å². The summed E-state index contributed by atoms with van der Waals surface area (Å²) in [4.78, 5) is 28.6. The Kier molecular flexibility index (Phi) is 3.99. The molecule has 2 rings (SSSR count). The smallest absolute Gasteiger partial charge is 0.321 e. The third-order valence-corrected chi connectivity index (χ3v) is 3.32. The first kappa shape index (κ1) is 13.3. The van der Waals surface area contributed by atoms with Crippen molar-refractivity contribution in [2.24, 2.45) is 5.92 Å². The normalized spacial score (nSPS) is 19.0. The molecule has 1 unspecified atom stereocenters.